The molecule has 0 radical (unpaired) electrons. The number of alkyl carbamates (subject to hydrolysis) is 1. The van der Waals surface area contributed by atoms with Gasteiger partial charge in [-0.05, 0) is 190 Å². The molecule has 2 aliphatic heterocycles. The lowest BCUT2D eigenvalue weighted by molar-refractivity contribution is -0.148. The van der Waals surface area contributed by atoms with E-state index < -0.39 is 78.2 Å². The molecular weight excluding hydrogens is 1530 g/mol. The fraction of sp³-hybridized carbons (Fsp3) is 0.293. The zero-order valence-corrected chi connectivity index (χ0v) is 68.1. The largest absolute Gasteiger partial charge is 0.678 e. The molecule has 2 atom stereocenters. The Balaban J connectivity index is 0.622. The number of carbonyl (C=O) groups is 7. The quantitative estimate of drug-likeness (QED) is 0.00791. The number of fused-ring (bicyclic) bond motifs is 2. The molecule has 27 heteroatoms. The summed E-state index contributed by atoms with van der Waals surface area (Å²) in [6.07, 6.45) is 4.46. The molecule has 12 rings (SSSR count). The third-order valence-electron chi connectivity index (χ3n) is 21.6. The van der Waals surface area contributed by atoms with Gasteiger partial charge in [-0.15, -0.1) is 0 Å². The highest BCUT2D eigenvalue weighted by Crippen LogP contribution is 2.44. The number of hydrogen-bond acceptors (Lipinski definition) is 15. The summed E-state index contributed by atoms with van der Waals surface area (Å²) in [4.78, 5) is 104. The van der Waals surface area contributed by atoms with E-state index >= 15 is 8.42 Å². The fourth-order valence-corrected chi connectivity index (χ4v) is 16.5. The van der Waals surface area contributed by atoms with E-state index in [-0.39, 0.29) is 81.5 Å². The molecule has 1 saturated heterocycles. The number of nitrogens with one attached hydrogen (secondary N) is 5. The van der Waals surface area contributed by atoms with Crippen LogP contribution in [0.1, 0.15) is 101 Å². The highest BCUT2D eigenvalue weighted by molar-refractivity contribution is 7.89. The number of unbranched alkanes of at least 4 members (excludes halogenated alkanes) is 3. The van der Waals surface area contributed by atoms with Crippen LogP contribution in [0.2, 0.25) is 0 Å². The number of rotatable bonds is 38. The molecule has 616 valence electrons. The van der Waals surface area contributed by atoms with Crippen LogP contribution in [0.15, 0.2) is 250 Å². The molecule has 2 aliphatic rings. The van der Waals surface area contributed by atoms with Crippen molar-refractivity contribution in [1.82, 2.24) is 35.4 Å². The molecule has 1 unspecified atom stereocenters. The highest BCUT2D eigenvalue weighted by Gasteiger charge is 2.37. The molecule has 8 aromatic carbocycles. The second-order valence-electron chi connectivity index (χ2n) is 29.5. The first-order chi connectivity index (χ1) is 57.6. The van der Waals surface area contributed by atoms with Gasteiger partial charge >= 0.3 is 30.6 Å². The molecule has 0 aliphatic carbocycles. The zero-order valence-electron chi connectivity index (χ0n) is 67.3. The first kappa shape index (κ1) is 85.7. The third kappa shape index (κ3) is 22.4. The molecule has 4 heterocycles. The van der Waals surface area contributed by atoms with E-state index in [0.717, 1.165) is 38.4 Å². The van der Waals surface area contributed by atoms with Crippen molar-refractivity contribution in [3.63, 3.8) is 0 Å². The van der Waals surface area contributed by atoms with Crippen LogP contribution in [0.4, 0.5) is 36.2 Å². The Kier molecular flexibility index (Phi) is 29.5. The summed E-state index contributed by atoms with van der Waals surface area (Å²) in [7, 11) is -1.54. The lowest BCUT2D eigenvalue weighted by atomic mass is 9.96. The molecule has 5 N–H and O–H groups in total. The summed E-state index contributed by atoms with van der Waals surface area (Å²) in [5, 5.41) is 15.3. The van der Waals surface area contributed by atoms with Crippen LogP contribution in [0.25, 0.3) is 50.4 Å². The molecule has 2 aromatic heterocycles. The number of anilines is 4. The van der Waals surface area contributed by atoms with Crippen molar-refractivity contribution in [3.8, 4) is 28.1 Å². The van der Waals surface area contributed by atoms with Gasteiger partial charge in [-0.3, -0.25) is 42.4 Å². The van der Waals surface area contributed by atoms with Crippen LogP contribution < -0.4 is 41.1 Å². The number of esters is 1. The van der Waals surface area contributed by atoms with E-state index in [4.69, 9.17) is 18.6 Å². The van der Waals surface area contributed by atoms with Gasteiger partial charge in [0.15, 0.2) is 12.4 Å². The van der Waals surface area contributed by atoms with Gasteiger partial charge in [0.2, 0.25) is 33.7 Å². The lowest BCUT2D eigenvalue weighted by Gasteiger charge is -2.31. The summed E-state index contributed by atoms with van der Waals surface area (Å²) < 4.78 is 84.5. The Bertz CT molecular complexity index is 5380. The SMILES string of the molecule is COc1ccc(-c2ccc(/C=C3\N=C(C)C(CCC(=O)NCCCCCC(=O)NCCCC[C@@H](NC(=O)C(Cc4ccccc4)NC(=O)OCc4ccccc4)C(=O)COC(=O)CNC(=O)C4CCN(S(=O)(=O)c5ccccc5-c5c6ccc(N(C)c7ccccc7)cc6[o+]c6cc(N(C)c7ccccc7)ccc56)CC4)=C3C)n2B(F)F)cc1. The van der Waals surface area contributed by atoms with Gasteiger partial charge in [-0.2, -0.15) is 4.31 Å². The number of nitrogens with zero attached hydrogens (tertiary/aromatic N) is 5. The Hall–Kier alpha value is -12.6. The van der Waals surface area contributed by atoms with Gasteiger partial charge in [-0.1, -0.05) is 122 Å². The smallest absolute Gasteiger partial charge is 0.497 e. The number of hydrogen-bond donors (Lipinski definition) is 5. The maximum atomic E-state index is 15.1. The van der Waals surface area contributed by atoms with E-state index in [2.05, 4.69) is 31.6 Å². The summed E-state index contributed by atoms with van der Waals surface area (Å²) in [5.41, 5.74) is 11.4. The second-order valence-corrected chi connectivity index (χ2v) is 31.4. The van der Waals surface area contributed by atoms with E-state index in [0.29, 0.717) is 123 Å². The number of aromatic nitrogens is 1. The average molecular weight is 1630 g/mol. The number of allylic oxidation sites excluding steroid dienone is 2. The summed E-state index contributed by atoms with van der Waals surface area (Å²) in [6.45, 7) is 2.86. The topological polar surface area (TPSA) is 280 Å². The Morgan fingerprint density at radius 1 is 0.622 bits per heavy atom. The number of sulfonamides is 1. The van der Waals surface area contributed by atoms with Crippen LogP contribution in [0.5, 0.6) is 5.75 Å². The highest BCUT2D eigenvalue weighted by atomic mass is 32.2. The molecule has 1 fully saturated rings. The molecule has 5 amide bonds. The fourth-order valence-electron chi connectivity index (χ4n) is 14.9. The van der Waals surface area contributed by atoms with Gasteiger partial charge in [0.25, 0.3) is 0 Å². The van der Waals surface area contributed by atoms with Gasteiger partial charge in [0.05, 0.1) is 58.0 Å². The maximum absolute atomic E-state index is 15.1. The van der Waals surface area contributed by atoms with Crippen molar-refractivity contribution in [2.75, 3.05) is 70.3 Å². The van der Waals surface area contributed by atoms with Crippen molar-refractivity contribution in [1.29, 1.82) is 0 Å². The molecular formula is C92H98BF2N10O13S+. The van der Waals surface area contributed by atoms with Crippen molar-refractivity contribution in [2.45, 2.75) is 114 Å². The number of ether oxygens (including phenoxy) is 3. The molecule has 0 saturated carbocycles. The number of Topliss-reactive ketones (excluding diaryl/α,β-unsaturated/α-hetero) is 1. The molecule has 23 nitrogen and oxygen atoms in total. The van der Waals surface area contributed by atoms with Gasteiger partial charge < -0.3 is 55.1 Å². The van der Waals surface area contributed by atoms with Crippen LogP contribution in [0.3, 0.4) is 0 Å². The first-order valence-electron chi connectivity index (χ1n) is 40.0. The first-order valence-corrected chi connectivity index (χ1v) is 41.5. The minimum atomic E-state index is -4.21. The monoisotopic (exact) mass is 1630 g/mol. The Morgan fingerprint density at radius 2 is 1.20 bits per heavy atom. The second kappa shape index (κ2) is 41.0. The van der Waals surface area contributed by atoms with Gasteiger partial charge in [0, 0.05) is 105 Å². The Labute approximate surface area is 692 Å². The summed E-state index contributed by atoms with van der Waals surface area (Å²) in [5.74, 6) is -3.26. The Morgan fingerprint density at radius 3 is 1.82 bits per heavy atom. The molecule has 0 bridgehead atoms. The maximum Gasteiger partial charge on any atom is 0.678 e. The number of benzene rings is 8. The number of carbonyl (C=O) groups excluding carboxylic acids is 7. The number of aliphatic imine (C=N–C) groups is 1. The number of piperidine rings is 1. The third-order valence-corrected chi connectivity index (χ3v) is 23.5. The predicted octanol–water partition coefficient (Wildman–Crippen LogP) is 15.5. The number of methoxy groups -OCH3 is 1. The number of halogens is 2. The number of amides is 5. The zero-order chi connectivity index (χ0) is 84.0. The lowest BCUT2D eigenvalue weighted by Crippen LogP contribution is -2.53. The molecule has 119 heavy (non-hydrogen) atoms. The van der Waals surface area contributed by atoms with Crippen molar-refractivity contribution >= 4 is 115 Å². The number of para-hydroxylation sites is 2. The van der Waals surface area contributed by atoms with Crippen molar-refractivity contribution in [3.05, 3.63) is 252 Å². The van der Waals surface area contributed by atoms with Crippen LogP contribution in [0, 0.1) is 5.92 Å². The van der Waals surface area contributed by atoms with Crippen molar-refractivity contribution in [2.24, 2.45) is 10.9 Å². The molecule has 0 spiro atoms. The average Bonchev–Trinajstić information content (AvgIpc) is 1.60. The van der Waals surface area contributed by atoms with Gasteiger partial charge in [-0.25, -0.2) is 17.6 Å². The summed E-state index contributed by atoms with van der Waals surface area (Å²) in [6, 6.07) is 64.1. The van der Waals surface area contributed by atoms with E-state index in [1.54, 1.807) is 121 Å². The normalized spacial score (nSPS) is 13.9. The predicted molar refractivity (Wildman–Crippen MR) is 460 cm³/mol. The number of ketones is 1. The van der Waals surface area contributed by atoms with Crippen molar-refractivity contribution < 1.29 is 69.2 Å². The van der Waals surface area contributed by atoms with Crippen LogP contribution in [-0.2, 0) is 61.3 Å². The minimum Gasteiger partial charge on any atom is -0.497 e. The van der Waals surface area contributed by atoms with E-state index in [1.165, 1.54) is 11.4 Å². The summed E-state index contributed by atoms with van der Waals surface area (Å²) >= 11 is 0. The molecule has 10 aromatic rings. The van der Waals surface area contributed by atoms with E-state index in [9.17, 15) is 42.2 Å². The van der Waals surface area contributed by atoms with E-state index in [1.807, 2.05) is 141 Å². The standard InChI is InChI=1S/C92H97BF2N10O13S/c1-62-74(63(2)99-79(62)56-72-41-47-81(105(72)93(94)95)66-37-42-73(115-5)43-38-66)46-48-87(108)97-51-23-10-19-36-86(107)96-52-24-22-34-78(100-91(111)80(55-64-25-11-6-12-26-64)101-92(112)117-60-65-27-13-7-14-28-65)82(106)61-116-88(109)59-98-90(110)67-49-53-104(54-50-67)119(113,114)85-35-21-20-33-77(85)89-75-44-39-70(102(3)68-29-15-8-16-30-68)57-83(75)118-84-58-71(40-45-76(84)89)103(4)69-31-17-9-18-32-69/h6-9,11-18,20-21,25-33,35,37-45,47,56-58,67,78,80H,10,19,22-24,34,36,46,48-55,59-61H2,1-5H3,(H4-,96,97,98,100,101,107,108,110,111,112)/p+1/b79-56-/t78-,80?/m1/s1. The van der Waals surface area contributed by atoms with Gasteiger partial charge in [0.1, 0.15) is 24.9 Å². The van der Waals surface area contributed by atoms with Crippen LogP contribution in [-0.4, -0.2) is 144 Å². The minimum absolute atomic E-state index is 0.00424. The van der Waals surface area contributed by atoms with Crippen LogP contribution >= 0.6 is 0 Å².